The molecule has 1 aromatic rings. The van der Waals surface area contributed by atoms with Crippen LogP contribution < -0.4 is 16.0 Å². The predicted molar refractivity (Wildman–Crippen MR) is 116 cm³/mol. The van der Waals surface area contributed by atoms with Crippen LogP contribution in [-0.4, -0.2) is 50.2 Å². The quantitative estimate of drug-likeness (QED) is 0.650. The second-order valence-corrected chi connectivity index (χ2v) is 8.89. The molecule has 0 aromatic heterocycles. The summed E-state index contributed by atoms with van der Waals surface area (Å²) in [7, 11) is 0. The summed E-state index contributed by atoms with van der Waals surface area (Å²) in [4.78, 5) is 26.8. The molecule has 3 aliphatic heterocycles. The van der Waals surface area contributed by atoms with Crippen molar-refractivity contribution in [2.24, 2.45) is 11.3 Å². The first-order valence-electron chi connectivity index (χ1n) is 11.2. The van der Waals surface area contributed by atoms with Crippen LogP contribution >= 0.6 is 0 Å². The maximum absolute atomic E-state index is 13.4. The van der Waals surface area contributed by atoms with Gasteiger partial charge in [0.15, 0.2) is 0 Å². The number of amides is 2. The molecule has 0 unspecified atom stereocenters. The summed E-state index contributed by atoms with van der Waals surface area (Å²) < 4.78 is 5.54. The molecule has 1 aromatic carbocycles. The van der Waals surface area contributed by atoms with E-state index in [0.29, 0.717) is 44.8 Å². The van der Waals surface area contributed by atoms with Gasteiger partial charge in [-0.15, -0.1) is 0 Å². The highest BCUT2D eigenvalue weighted by molar-refractivity contribution is 5.90. The van der Waals surface area contributed by atoms with Crippen molar-refractivity contribution in [3.63, 3.8) is 0 Å². The van der Waals surface area contributed by atoms with Gasteiger partial charge in [-0.1, -0.05) is 42.5 Å². The highest BCUT2D eigenvalue weighted by atomic mass is 16.5. The van der Waals surface area contributed by atoms with Crippen molar-refractivity contribution in [1.29, 1.82) is 0 Å². The number of ether oxygens (including phenoxy) is 1. The number of piperidine rings is 1. The largest absolute Gasteiger partial charge is 0.381 e. The summed E-state index contributed by atoms with van der Waals surface area (Å²) in [5, 5.41) is 9.85. The highest BCUT2D eigenvalue weighted by Gasteiger charge is 2.41. The zero-order valence-corrected chi connectivity index (χ0v) is 17.6. The molecule has 30 heavy (non-hydrogen) atoms. The summed E-state index contributed by atoms with van der Waals surface area (Å²) in [6.45, 7) is 2.99. The average molecular weight is 412 g/mol. The van der Waals surface area contributed by atoms with Crippen molar-refractivity contribution < 1.29 is 14.3 Å². The van der Waals surface area contributed by atoms with E-state index in [0.717, 1.165) is 31.5 Å². The van der Waals surface area contributed by atoms with E-state index in [1.165, 1.54) is 0 Å². The number of nitrogens with one attached hydrogen (secondary N) is 3. The van der Waals surface area contributed by atoms with Crippen LogP contribution in [0.4, 0.5) is 0 Å². The van der Waals surface area contributed by atoms with Crippen molar-refractivity contribution in [2.75, 3.05) is 26.3 Å². The smallest absolute Gasteiger partial charge is 0.243 e. The molecule has 3 heterocycles. The first-order valence-corrected chi connectivity index (χ1v) is 11.2. The van der Waals surface area contributed by atoms with Gasteiger partial charge in [0.05, 0.1) is 5.41 Å². The topological polar surface area (TPSA) is 79.5 Å². The van der Waals surface area contributed by atoms with Gasteiger partial charge in [0.25, 0.3) is 0 Å². The minimum absolute atomic E-state index is 0.0195. The van der Waals surface area contributed by atoms with Gasteiger partial charge >= 0.3 is 0 Å². The van der Waals surface area contributed by atoms with Crippen LogP contribution in [0, 0.1) is 11.3 Å². The number of rotatable bonds is 2. The van der Waals surface area contributed by atoms with Crippen molar-refractivity contribution >= 4 is 11.8 Å². The second-order valence-electron chi connectivity index (χ2n) is 8.89. The fraction of sp³-hybridized carbons (Fsp3) is 0.583. The summed E-state index contributed by atoms with van der Waals surface area (Å²) in [6, 6.07) is 9.49. The Hall–Kier alpha value is -2.18. The van der Waals surface area contributed by atoms with E-state index < -0.39 is 11.5 Å². The molecule has 6 nitrogen and oxygen atoms in total. The Morgan fingerprint density at radius 1 is 1.03 bits per heavy atom. The molecule has 6 heteroatoms. The number of carbonyl (C=O) groups excluding carboxylic acids is 2. The molecule has 162 valence electrons. The average Bonchev–Trinajstić information content (AvgIpc) is 2.78. The Kier molecular flexibility index (Phi) is 6.85. The third-order valence-corrected chi connectivity index (χ3v) is 6.89. The molecular weight excluding hydrogens is 378 g/mol. The summed E-state index contributed by atoms with van der Waals surface area (Å²) in [5.74, 6) is 0.280. The van der Waals surface area contributed by atoms with Crippen LogP contribution in [-0.2, 0) is 20.7 Å². The monoisotopic (exact) mass is 411 g/mol. The molecule has 3 aliphatic rings. The Morgan fingerprint density at radius 2 is 1.83 bits per heavy atom. The van der Waals surface area contributed by atoms with E-state index >= 15 is 0 Å². The highest BCUT2D eigenvalue weighted by Crippen LogP contribution is 2.35. The van der Waals surface area contributed by atoms with E-state index in [2.05, 4.69) is 28.1 Å². The van der Waals surface area contributed by atoms with Gasteiger partial charge in [-0.25, -0.2) is 0 Å². The fourth-order valence-electron chi connectivity index (χ4n) is 4.88. The Balaban J connectivity index is 1.61. The van der Waals surface area contributed by atoms with Gasteiger partial charge in [-0.3, -0.25) is 9.59 Å². The lowest BCUT2D eigenvalue weighted by atomic mass is 9.75. The molecule has 2 amide bonds. The van der Waals surface area contributed by atoms with Crippen LogP contribution in [0.3, 0.4) is 0 Å². The van der Waals surface area contributed by atoms with Gasteiger partial charge in [0.1, 0.15) is 6.04 Å². The van der Waals surface area contributed by atoms with Gasteiger partial charge in [0, 0.05) is 32.2 Å². The van der Waals surface area contributed by atoms with E-state index in [9.17, 15) is 9.59 Å². The zero-order valence-electron chi connectivity index (χ0n) is 17.6. The van der Waals surface area contributed by atoms with Crippen molar-refractivity contribution in [3.8, 4) is 0 Å². The van der Waals surface area contributed by atoms with Crippen LogP contribution in [0.25, 0.3) is 0 Å². The van der Waals surface area contributed by atoms with Crippen LogP contribution in [0.15, 0.2) is 42.5 Å². The minimum Gasteiger partial charge on any atom is -0.381 e. The van der Waals surface area contributed by atoms with Gasteiger partial charge in [-0.2, -0.15) is 0 Å². The minimum atomic E-state index is -0.571. The third kappa shape index (κ3) is 4.93. The van der Waals surface area contributed by atoms with Gasteiger partial charge < -0.3 is 20.7 Å². The molecule has 1 spiro atoms. The fourth-order valence-corrected chi connectivity index (χ4v) is 4.88. The van der Waals surface area contributed by atoms with Gasteiger partial charge in [-0.05, 0) is 50.1 Å². The molecule has 3 atom stereocenters. The summed E-state index contributed by atoms with van der Waals surface area (Å²) >= 11 is 0. The first-order chi connectivity index (χ1) is 14.7. The lowest BCUT2D eigenvalue weighted by molar-refractivity contribution is -0.140. The Morgan fingerprint density at radius 3 is 2.63 bits per heavy atom. The zero-order chi connectivity index (χ0) is 20.8. The Bertz CT molecular complexity index is 758. The standard InChI is InChI=1S/C24H33N3O3/c28-22-21(16-18-6-2-1-3-7-18)27-23(29)24(11-14-30-15-12-24)10-5-4-8-19-17-25-13-9-20(19)26-22/h1-7,19-21,25H,8-17H2,(H,26,28)(H,27,29)/b5-4+/t19-,20+,21-/m0/s1. The van der Waals surface area contributed by atoms with Crippen LogP contribution in [0.5, 0.6) is 0 Å². The van der Waals surface area contributed by atoms with Gasteiger partial charge in [0.2, 0.25) is 11.8 Å². The molecule has 0 aliphatic carbocycles. The molecule has 0 saturated carbocycles. The number of hydrogen-bond donors (Lipinski definition) is 3. The van der Waals surface area contributed by atoms with E-state index in [-0.39, 0.29) is 17.9 Å². The third-order valence-electron chi connectivity index (χ3n) is 6.89. The normalized spacial score (nSPS) is 30.9. The van der Waals surface area contributed by atoms with Crippen molar-refractivity contribution in [1.82, 2.24) is 16.0 Å². The van der Waals surface area contributed by atoms with E-state index in [4.69, 9.17) is 4.74 Å². The van der Waals surface area contributed by atoms with Crippen molar-refractivity contribution in [2.45, 2.75) is 50.6 Å². The van der Waals surface area contributed by atoms with Crippen molar-refractivity contribution in [3.05, 3.63) is 48.0 Å². The Labute approximate surface area is 178 Å². The number of allylic oxidation sites excluding steroid dienone is 2. The maximum Gasteiger partial charge on any atom is 0.243 e. The number of benzene rings is 1. The van der Waals surface area contributed by atoms with E-state index in [1.54, 1.807) is 0 Å². The van der Waals surface area contributed by atoms with E-state index in [1.807, 2.05) is 30.3 Å². The molecule has 3 N–H and O–H groups in total. The lowest BCUT2D eigenvalue weighted by Gasteiger charge is -2.38. The number of fused-ring (bicyclic) bond motifs is 1. The molecule has 4 rings (SSSR count). The second kappa shape index (κ2) is 9.75. The SMILES string of the molecule is O=C1N[C@@H]2CCNC[C@@H]2C/C=C/CC2(CCOCC2)C(=O)N[C@H]1Cc1ccccc1. The van der Waals surface area contributed by atoms with Crippen LogP contribution in [0.1, 0.15) is 37.7 Å². The lowest BCUT2D eigenvalue weighted by Crippen LogP contribution is -2.57. The predicted octanol–water partition coefficient (Wildman–Crippen LogP) is 1.95. The van der Waals surface area contributed by atoms with Crippen LogP contribution in [0.2, 0.25) is 0 Å². The molecule has 0 bridgehead atoms. The first kappa shape index (κ1) is 21.1. The molecule has 2 fully saturated rings. The number of carbonyl (C=O) groups is 2. The summed E-state index contributed by atoms with van der Waals surface area (Å²) in [5.41, 5.74) is 0.556. The number of hydrogen-bond acceptors (Lipinski definition) is 4. The maximum atomic E-state index is 13.4. The summed E-state index contributed by atoms with van der Waals surface area (Å²) in [6.07, 6.45) is 8.78. The molecule has 0 radical (unpaired) electrons. The molecule has 2 saturated heterocycles. The molecular formula is C24H33N3O3.